The van der Waals surface area contributed by atoms with Gasteiger partial charge in [-0.25, -0.2) is 26.4 Å². The molecule has 312 valence electrons. The van der Waals surface area contributed by atoms with Crippen LogP contribution in [0.15, 0.2) is 36.4 Å². The van der Waals surface area contributed by atoms with Gasteiger partial charge in [0.25, 0.3) is 0 Å². The van der Waals surface area contributed by atoms with Crippen LogP contribution in [0.5, 0.6) is 0 Å². The predicted octanol–water partition coefficient (Wildman–Crippen LogP) is 9.26. The Morgan fingerprint density at radius 1 is 0.564 bits per heavy atom. The zero-order valence-electron chi connectivity index (χ0n) is 34.3. The normalized spacial score (nSPS) is 11.6. The number of amides is 2. The molecule has 0 radical (unpaired) electrons. The van der Waals surface area contributed by atoms with Crippen molar-refractivity contribution in [2.75, 3.05) is 76.4 Å². The second kappa shape index (κ2) is 25.6. The molecule has 55 heavy (non-hydrogen) atoms. The second-order valence-electron chi connectivity index (χ2n) is 14.2. The monoisotopic (exact) mass is 808 g/mol. The molecule has 0 atom stereocenters. The predicted molar refractivity (Wildman–Crippen MR) is 227 cm³/mol. The van der Waals surface area contributed by atoms with Gasteiger partial charge in [0.05, 0.1) is 11.5 Å². The minimum Gasteiger partial charge on any atom is -0.448 e. The lowest BCUT2D eigenvalue weighted by Gasteiger charge is -2.24. The summed E-state index contributed by atoms with van der Waals surface area (Å²) in [7, 11) is -8.27. The first-order chi connectivity index (χ1) is 26.2. The topological polar surface area (TPSA) is 151 Å². The Kier molecular flexibility index (Phi) is 22.2. The highest BCUT2D eigenvalue weighted by Crippen LogP contribution is 2.25. The number of carbonyl (C=O) groups excluding carboxylic acids is 2. The summed E-state index contributed by atoms with van der Waals surface area (Å²) in [5.41, 5.74) is 4.85. The quantitative estimate of drug-likeness (QED) is 0.0796. The summed E-state index contributed by atoms with van der Waals surface area (Å²) in [5, 5.41) is 4.11. The highest BCUT2D eigenvalue weighted by Gasteiger charge is 2.24. The summed E-state index contributed by atoms with van der Waals surface area (Å²) in [6.45, 7) is 15.0. The van der Waals surface area contributed by atoms with E-state index in [0.717, 1.165) is 61.5 Å². The fraction of sp³-hybridized carbons (Fsp3) is 0.659. The molecule has 0 aliphatic rings. The maximum Gasteiger partial charge on any atom is 0.411 e. The molecule has 2 aromatic carbocycles. The van der Waals surface area contributed by atoms with Crippen LogP contribution in [0.2, 0.25) is 0 Å². The van der Waals surface area contributed by atoms with Crippen LogP contribution in [-0.4, -0.2) is 85.0 Å². The number of hydrogen-bond donors (Lipinski definition) is 2. The van der Waals surface area contributed by atoms with Gasteiger partial charge < -0.3 is 19.3 Å². The molecule has 0 spiro atoms. The zero-order chi connectivity index (χ0) is 40.7. The summed E-state index contributed by atoms with van der Waals surface area (Å²) >= 11 is 0. The van der Waals surface area contributed by atoms with Crippen molar-refractivity contribution in [1.82, 2.24) is 0 Å². The SMILES string of the molecule is CCCCCCCCN(CC)c1ccc(NC(=O)OCCS(=O)(=O)CS(=O)(=O)CCOC(=O)Nc2ccc(N(CC)CCCCCCCC)cc2C)c(C)c1. The molecule has 2 aromatic rings. The first kappa shape index (κ1) is 47.6. The lowest BCUT2D eigenvalue weighted by molar-refractivity contribution is 0.167. The van der Waals surface area contributed by atoms with Crippen LogP contribution in [0.3, 0.4) is 0 Å². The molecular formula is C41H68N4O8S2. The van der Waals surface area contributed by atoms with Crippen LogP contribution < -0.4 is 20.4 Å². The zero-order valence-corrected chi connectivity index (χ0v) is 35.9. The average molecular weight is 809 g/mol. The van der Waals surface area contributed by atoms with Crippen molar-refractivity contribution >= 4 is 54.6 Å². The van der Waals surface area contributed by atoms with Crippen molar-refractivity contribution in [1.29, 1.82) is 0 Å². The Balaban J connectivity index is 1.75. The van der Waals surface area contributed by atoms with Crippen LogP contribution in [-0.2, 0) is 29.1 Å². The Hall–Kier alpha value is -3.52. The summed E-state index contributed by atoms with van der Waals surface area (Å²) in [6, 6.07) is 11.4. The first-order valence-corrected chi connectivity index (χ1v) is 23.9. The van der Waals surface area contributed by atoms with Crippen molar-refractivity contribution < 1.29 is 35.9 Å². The molecule has 12 nitrogen and oxygen atoms in total. The lowest BCUT2D eigenvalue weighted by Crippen LogP contribution is -2.27. The van der Waals surface area contributed by atoms with Crippen LogP contribution in [0.1, 0.15) is 116 Å². The van der Waals surface area contributed by atoms with E-state index in [2.05, 4.69) is 48.1 Å². The van der Waals surface area contributed by atoms with Gasteiger partial charge in [0.1, 0.15) is 13.2 Å². The minimum atomic E-state index is -4.14. The molecule has 0 fully saturated rings. The van der Waals surface area contributed by atoms with Crippen molar-refractivity contribution in [3.8, 4) is 0 Å². The third kappa shape index (κ3) is 19.3. The third-order valence-electron chi connectivity index (χ3n) is 9.56. The number of unbranched alkanes of at least 4 members (excludes halogenated alkanes) is 10. The molecule has 2 rings (SSSR count). The highest BCUT2D eigenvalue weighted by molar-refractivity contribution is 8.08. The third-order valence-corrected chi connectivity index (χ3v) is 14.0. The molecule has 0 saturated carbocycles. The van der Waals surface area contributed by atoms with E-state index in [0.29, 0.717) is 11.4 Å². The van der Waals surface area contributed by atoms with E-state index in [1.807, 2.05) is 38.1 Å². The average Bonchev–Trinajstić information content (AvgIpc) is 3.12. The maximum atomic E-state index is 12.6. The van der Waals surface area contributed by atoms with Gasteiger partial charge in [-0.05, 0) is 88.1 Å². The van der Waals surface area contributed by atoms with E-state index in [-0.39, 0.29) is 0 Å². The van der Waals surface area contributed by atoms with Gasteiger partial charge in [-0.3, -0.25) is 10.6 Å². The molecule has 0 heterocycles. The van der Waals surface area contributed by atoms with E-state index in [4.69, 9.17) is 9.47 Å². The fourth-order valence-corrected chi connectivity index (χ4v) is 10.1. The van der Waals surface area contributed by atoms with E-state index in [1.54, 1.807) is 12.1 Å². The van der Waals surface area contributed by atoms with E-state index in [9.17, 15) is 26.4 Å². The number of nitrogens with zero attached hydrogens (tertiary/aromatic N) is 2. The summed E-state index contributed by atoms with van der Waals surface area (Å²) in [4.78, 5) is 29.5. The second-order valence-corrected chi connectivity index (χ2v) is 19.0. The van der Waals surface area contributed by atoms with Gasteiger partial charge in [-0.1, -0.05) is 78.1 Å². The van der Waals surface area contributed by atoms with Gasteiger partial charge >= 0.3 is 12.2 Å². The van der Waals surface area contributed by atoms with Crippen LogP contribution >= 0.6 is 0 Å². The molecule has 14 heteroatoms. The first-order valence-electron chi connectivity index (χ1n) is 20.2. The van der Waals surface area contributed by atoms with Gasteiger partial charge in [-0.15, -0.1) is 0 Å². The summed E-state index contributed by atoms with van der Waals surface area (Å²) in [5.74, 6) is -1.35. The molecule has 2 N–H and O–H groups in total. The molecule has 2 amide bonds. The van der Waals surface area contributed by atoms with Gasteiger partial charge in [0.2, 0.25) is 0 Å². The molecular weight excluding hydrogens is 741 g/mol. The summed E-state index contributed by atoms with van der Waals surface area (Å²) < 4.78 is 60.4. The molecule has 0 aromatic heterocycles. The van der Waals surface area contributed by atoms with Gasteiger partial charge in [-0.2, -0.15) is 0 Å². The Labute approximate surface area is 331 Å². The van der Waals surface area contributed by atoms with Gasteiger partial charge in [0.15, 0.2) is 24.8 Å². The van der Waals surface area contributed by atoms with Crippen LogP contribution in [0.25, 0.3) is 0 Å². The van der Waals surface area contributed by atoms with E-state index in [1.165, 1.54) is 64.2 Å². The number of rotatable bonds is 28. The number of aryl methyl sites for hydroxylation is 2. The standard InChI is InChI=1S/C41H68N4O8S2/c1-7-11-13-15-17-19-25-44(9-3)36-21-23-38(34(5)31-36)42-40(46)52-27-29-54(48,49)33-55(50,51)30-28-53-41(47)43-39-24-22-37(32-35(39)6)45(10-4)26-20-18-16-14-12-8-2/h21-24,31-32H,7-20,25-30,33H2,1-6H3,(H,42,46)(H,43,47). The number of ether oxygens (including phenoxy) is 2. The van der Waals surface area contributed by atoms with Gasteiger partial charge in [0, 0.05) is 48.9 Å². The molecule has 0 unspecified atom stereocenters. The molecule has 0 saturated heterocycles. The largest absolute Gasteiger partial charge is 0.448 e. The van der Waals surface area contributed by atoms with E-state index >= 15 is 0 Å². The number of carbonyl (C=O) groups is 2. The van der Waals surface area contributed by atoms with Crippen LogP contribution in [0.4, 0.5) is 32.3 Å². The number of nitrogens with one attached hydrogen (secondary N) is 2. The number of hydrogen-bond acceptors (Lipinski definition) is 10. The lowest BCUT2D eigenvalue weighted by atomic mass is 10.1. The minimum absolute atomic E-state index is 0.519. The number of sulfone groups is 2. The molecule has 0 aliphatic heterocycles. The highest BCUT2D eigenvalue weighted by atomic mass is 32.3. The van der Waals surface area contributed by atoms with E-state index < -0.39 is 61.7 Å². The smallest absolute Gasteiger partial charge is 0.411 e. The summed E-state index contributed by atoms with van der Waals surface area (Å²) in [6.07, 6.45) is 13.0. The van der Waals surface area contributed by atoms with Crippen molar-refractivity contribution in [2.24, 2.45) is 0 Å². The Morgan fingerprint density at radius 2 is 0.927 bits per heavy atom. The fourth-order valence-electron chi connectivity index (χ4n) is 6.28. The Morgan fingerprint density at radius 3 is 1.27 bits per heavy atom. The molecule has 0 bridgehead atoms. The van der Waals surface area contributed by atoms with Crippen molar-refractivity contribution in [2.45, 2.75) is 119 Å². The van der Waals surface area contributed by atoms with Crippen molar-refractivity contribution in [3.05, 3.63) is 47.5 Å². The number of benzene rings is 2. The maximum absolute atomic E-state index is 12.6. The Bertz CT molecular complexity index is 1550. The molecule has 0 aliphatic carbocycles. The number of anilines is 4. The van der Waals surface area contributed by atoms with Crippen LogP contribution in [0, 0.1) is 13.8 Å². The van der Waals surface area contributed by atoms with Crippen molar-refractivity contribution in [3.63, 3.8) is 0 Å².